The number of carbonyl (C=O) groups is 2. The molecule has 7 nitrogen and oxygen atoms in total. The van der Waals surface area contributed by atoms with Gasteiger partial charge in [0.1, 0.15) is 0 Å². The second-order valence-electron chi connectivity index (χ2n) is 5.37. The Morgan fingerprint density at radius 2 is 2.00 bits per heavy atom. The van der Waals surface area contributed by atoms with E-state index in [0.29, 0.717) is 43.0 Å². The molecule has 21 heavy (non-hydrogen) atoms. The fraction of sp³-hybridized carbons (Fsp3) is 0.571. The Balaban J connectivity index is 2.08. The Kier molecular flexibility index (Phi) is 4.52. The van der Waals surface area contributed by atoms with Gasteiger partial charge >= 0.3 is 5.97 Å². The molecular formula is C14H19N3O4. The first-order chi connectivity index (χ1) is 9.94. The van der Waals surface area contributed by atoms with Crippen molar-refractivity contribution in [2.75, 3.05) is 19.8 Å². The molecule has 1 saturated heterocycles. The maximum Gasteiger partial charge on any atom is 0.311 e. The number of nitrogens with one attached hydrogen (secondary N) is 1. The SMILES string of the molecule is Cc1cc(C(=O)NCC2(C(=O)O)CCOCC2)c(C)nn1. The van der Waals surface area contributed by atoms with Gasteiger partial charge in [0.25, 0.3) is 5.91 Å². The van der Waals surface area contributed by atoms with Crippen LogP contribution in [0.4, 0.5) is 0 Å². The molecule has 0 saturated carbocycles. The molecule has 1 aromatic heterocycles. The van der Waals surface area contributed by atoms with Crippen LogP contribution >= 0.6 is 0 Å². The van der Waals surface area contributed by atoms with Gasteiger partial charge in [-0.1, -0.05) is 0 Å². The van der Waals surface area contributed by atoms with Crippen LogP contribution in [0.3, 0.4) is 0 Å². The van der Waals surface area contributed by atoms with Crippen molar-refractivity contribution >= 4 is 11.9 Å². The van der Waals surface area contributed by atoms with E-state index in [9.17, 15) is 14.7 Å². The molecule has 2 N–H and O–H groups in total. The summed E-state index contributed by atoms with van der Waals surface area (Å²) in [6.07, 6.45) is 0.796. The highest BCUT2D eigenvalue weighted by atomic mass is 16.5. The lowest BCUT2D eigenvalue weighted by atomic mass is 9.80. The number of aryl methyl sites for hydroxylation is 2. The maximum absolute atomic E-state index is 12.2. The average Bonchev–Trinajstić information content (AvgIpc) is 2.48. The minimum absolute atomic E-state index is 0.0886. The zero-order valence-electron chi connectivity index (χ0n) is 12.2. The van der Waals surface area contributed by atoms with Gasteiger partial charge in [-0.05, 0) is 32.8 Å². The van der Waals surface area contributed by atoms with Crippen molar-refractivity contribution in [2.45, 2.75) is 26.7 Å². The lowest BCUT2D eigenvalue weighted by Gasteiger charge is -2.33. The number of aromatic nitrogens is 2. The van der Waals surface area contributed by atoms with Crippen LogP contribution < -0.4 is 5.32 Å². The topological polar surface area (TPSA) is 101 Å². The van der Waals surface area contributed by atoms with Crippen LogP contribution in [0.25, 0.3) is 0 Å². The van der Waals surface area contributed by atoms with Crippen molar-refractivity contribution in [3.8, 4) is 0 Å². The highest BCUT2D eigenvalue weighted by Gasteiger charge is 2.40. The van der Waals surface area contributed by atoms with E-state index < -0.39 is 11.4 Å². The van der Waals surface area contributed by atoms with Crippen molar-refractivity contribution in [1.29, 1.82) is 0 Å². The lowest BCUT2D eigenvalue weighted by Crippen LogP contribution is -2.46. The van der Waals surface area contributed by atoms with Gasteiger partial charge in [-0.2, -0.15) is 10.2 Å². The monoisotopic (exact) mass is 293 g/mol. The van der Waals surface area contributed by atoms with Crippen LogP contribution in [0, 0.1) is 19.3 Å². The van der Waals surface area contributed by atoms with E-state index in [1.54, 1.807) is 19.9 Å². The molecule has 1 aliphatic heterocycles. The molecule has 1 aromatic rings. The van der Waals surface area contributed by atoms with Gasteiger partial charge in [-0.15, -0.1) is 0 Å². The van der Waals surface area contributed by atoms with E-state index in [1.807, 2.05) is 0 Å². The molecule has 1 amide bonds. The van der Waals surface area contributed by atoms with E-state index in [2.05, 4.69) is 15.5 Å². The van der Waals surface area contributed by atoms with Gasteiger partial charge in [0.15, 0.2) is 0 Å². The number of nitrogens with zero attached hydrogens (tertiary/aromatic N) is 2. The van der Waals surface area contributed by atoms with Crippen molar-refractivity contribution in [3.63, 3.8) is 0 Å². The van der Waals surface area contributed by atoms with Gasteiger partial charge in [0.05, 0.1) is 22.4 Å². The number of amides is 1. The first kappa shape index (κ1) is 15.4. The van der Waals surface area contributed by atoms with Crippen molar-refractivity contribution in [1.82, 2.24) is 15.5 Å². The molecule has 0 radical (unpaired) electrons. The number of aliphatic carboxylic acids is 1. The second-order valence-corrected chi connectivity index (χ2v) is 5.37. The molecule has 0 unspecified atom stereocenters. The fourth-order valence-corrected chi connectivity index (χ4v) is 2.35. The van der Waals surface area contributed by atoms with E-state index >= 15 is 0 Å². The van der Waals surface area contributed by atoms with Crippen LogP contribution in [0.1, 0.15) is 34.6 Å². The smallest absolute Gasteiger partial charge is 0.311 e. The molecule has 1 aliphatic rings. The Morgan fingerprint density at radius 3 is 2.62 bits per heavy atom. The van der Waals surface area contributed by atoms with Crippen molar-refractivity contribution < 1.29 is 19.4 Å². The highest BCUT2D eigenvalue weighted by Crippen LogP contribution is 2.30. The average molecular weight is 293 g/mol. The highest BCUT2D eigenvalue weighted by molar-refractivity contribution is 5.95. The third-order valence-corrected chi connectivity index (χ3v) is 3.84. The second kappa shape index (κ2) is 6.17. The minimum Gasteiger partial charge on any atom is -0.481 e. The number of rotatable bonds is 4. The summed E-state index contributed by atoms with van der Waals surface area (Å²) in [7, 11) is 0. The molecule has 0 atom stereocenters. The maximum atomic E-state index is 12.2. The van der Waals surface area contributed by atoms with Gasteiger partial charge in [-0.25, -0.2) is 0 Å². The van der Waals surface area contributed by atoms with Crippen LogP contribution in [0.15, 0.2) is 6.07 Å². The van der Waals surface area contributed by atoms with Gasteiger partial charge < -0.3 is 15.2 Å². The fourth-order valence-electron chi connectivity index (χ4n) is 2.35. The molecule has 0 bridgehead atoms. The zero-order chi connectivity index (χ0) is 15.5. The quantitative estimate of drug-likeness (QED) is 0.847. The zero-order valence-corrected chi connectivity index (χ0v) is 12.2. The van der Waals surface area contributed by atoms with Crippen LogP contribution in [-0.4, -0.2) is 46.9 Å². The molecule has 0 aromatic carbocycles. The first-order valence-electron chi connectivity index (χ1n) is 6.85. The summed E-state index contributed by atoms with van der Waals surface area (Å²) in [5.74, 6) is -1.22. The third-order valence-electron chi connectivity index (χ3n) is 3.84. The molecule has 7 heteroatoms. The Labute approximate surface area is 122 Å². The van der Waals surface area contributed by atoms with Crippen molar-refractivity contribution in [2.24, 2.45) is 5.41 Å². The summed E-state index contributed by atoms with van der Waals surface area (Å²) >= 11 is 0. The molecule has 1 fully saturated rings. The standard InChI is InChI=1S/C14H19N3O4/c1-9-7-11(10(2)17-16-9)12(18)15-8-14(13(19)20)3-5-21-6-4-14/h7H,3-6,8H2,1-2H3,(H,15,18)(H,19,20). The minimum atomic E-state index is -0.947. The Hall–Kier alpha value is -2.02. The molecule has 0 aliphatic carbocycles. The Bertz CT molecular complexity index is 553. The van der Waals surface area contributed by atoms with E-state index in [0.717, 1.165) is 0 Å². The van der Waals surface area contributed by atoms with Gasteiger partial charge in [0.2, 0.25) is 0 Å². The molecule has 114 valence electrons. The predicted molar refractivity (Wildman–Crippen MR) is 74.0 cm³/mol. The normalized spacial score (nSPS) is 17.2. The van der Waals surface area contributed by atoms with Gasteiger partial charge in [0, 0.05) is 19.8 Å². The van der Waals surface area contributed by atoms with Crippen molar-refractivity contribution in [3.05, 3.63) is 23.0 Å². The largest absolute Gasteiger partial charge is 0.481 e. The number of hydrogen-bond donors (Lipinski definition) is 2. The number of carbonyl (C=O) groups excluding carboxylic acids is 1. The molecule has 2 heterocycles. The summed E-state index contributed by atoms with van der Waals surface area (Å²) < 4.78 is 5.21. The van der Waals surface area contributed by atoms with Crippen LogP contribution in [0.2, 0.25) is 0 Å². The van der Waals surface area contributed by atoms with E-state index in [4.69, 9.17) is 4.74 Å². The summed E-state index contributed by atoms with van der Waals surface area (Å²) in [4.78, 5) is 23.7. The third kappa shape index (κ3) is 3.36. The lowest BCUT2D eigenvalue weighted by molar-refractivity contribution is -0.154. The van der Waals surface area contributed by atoms with Gasteiger partial charge in [-0.3, -0.25) is 9.59 Å². The van der Waals surface area contributed by atoms with E-state index in [1.165, 1.54) is 0 Å². The molecular weight excluding hydrogens is 274 g/mol. The van der Waals surface area contributed by atoms with E-state index in [-0.39, 0.29) is 12.5 Å². The summed E-state index contributed by atoms with van der Waals surface area (Å²) in [6, 6.07) is 1.65. The number of carboxylic acid groups (broad SMARTS) is 1. The Morgan fingerprint density at radius 1 is 1.33 bits per heavy atom. The first-order valence-corrected chi connectivity index (χ1v) is 6.85. The molecule has 0 spiro atoms. The summed E-state index contributed by atoms with van der Waals surface area (Å²) in [6.45, 7) is 4.34. The molecule has 2 rings (SSSR count). The summed E-state index contributed by atoms with van der Waals surface area (Å²) in [5.41, 5.74) is 0.645. The van der Waals surface area contributed by atoms with Crippen LogP contribution in [-0.2, 0) is 9.53 Å². The number of hydrogen-bond acceptors (Lipinski definition) is 5. The summed E-state index contributed by atoms with van der Waals surface area (Å²) in [5, 5.41) is 19.9. The number of ether oxygens (including phenoxy) is 1. The number of carboxylic acids is 1. The predicted octanol–water partition coefficient (Wildman–Crippen LogP) is 0.705. The van der Waals surface area contributed by atoms with Crippen LogP contribution in [0.5, 0.6) is 0 Å².